The highest BCUT2D eigenvalue weighted by atomic mass is 16.3. The number of hydrogen-bond donors (Lipinski definition) is 2. The van der Waals surface area contributed by atoms with Gasteiger partial charge in [0.25, 0.3) is 0 Å². The molecule has 1 aromatic heterocycles. The average Bonchev–Trinajstić information content (AvgIpc) is 2.62. The molecule has 2 N–H and O–H groups in total. The van der Waals surface area contributed by atoms with Gasteiger partial charge in [0.05, 0.1) is 11.4 Å². The van der Waals surface area contributed by atoms with Gasteiger partial charge in [0.15, 0.2) is 0 Å². The fourth-order valence-corrected chi connectivity index (χ4v) is 2.39. The van der Waals surface area contributed by atoms with E-state index in [2.05, 4.69) is 4.98 Å². The van der Waals surface area contributed by atoms with Crippen molar-refractivity contribution in [2.24, 2.45) is 0 Å². The lowest BCUT2D eigenvalue weighted by Gasteiger charge is -2.15. The number of aromatic nitrogens is 1. The topological polar surface area (TPSA) is 53.4 Å². The number of pyridine rings is 1. The summed E-state index contributed by atoms with van der Waals surface area (Å²) in [4.78, 5) is 4.43. The molecule has 0 saturated heterocycles. The minimum Gasteiger partial charge on any atom is -0.382 e. The minimum atomic E-state index is -0.802. The summed E-state index contributed by atoms with van der Waals surface area (Å²) in [5, 5.41) is 20.8. The Morgan fingerprint density at radius 1 is 0.545 bits per heavy atom. The van der Waals surface area contributed by atoms with Crippen LogP contribution in [0.25, 0.3) is 0 Å². The van der Waals surface area contributed by atoms with E-state index in [1.165, 1.54) is 0 Å². The van der Waals surface area contributed by atoms with Crippen molar-refractivity contribution in [2.45, 2.75) is 12.2 Å². The van der Waals surface area contributed by atoms with E-state index in [9.17, 15) is 10.2 Å². The lowest BCUT2D eigenvalue weighted by molar-refractivity contribution is 0.204. The Morgan fingerprint density at radius 2 is 0.955 bits per heavy atom. The van der Waals surface area contributed by atoms with Gasteiger partial charge in [-0.25, -0.2) is 0 Å². The van der Waals surface area contributed by atoms with Gasteiger partial charge in [-0.15, -0.1) is 0 Å². The summed E-state index contributed by atoms with van der Waals surface area (Å²) in [6.45, 7) is 0. The zero-order valence-corrected chi connectivity index (χ0v) is 12.0. The Morgan fingerprint density at radius 3 is 1.36 bits per heavy atom. The summed E-state index contributed by atoms with van der Waals surface area (Å²) in [6, 6.07) is 24.1. The van der Waals surface area contributed by atoms with Crippen molar-refractivity contribution in [1.29, 1.82) is 0 Å². The first kappa shape index (κ1) is 14.4. The highest BCUT2D eigenvalue weighted by Crippen LogP contribution is 2.24. The third kappa shape index (κ3) is 3.06. The first-order valence-corrected chi connectivity index (χ1v) is 7.18. The van der Waals surface area contributed by atoms with Crippen molar-refractivity contribution in [1.82, 2.24) is 4.98 Å². The zero-order chi connectivity index (χ0) is 15.4. The molecule has 1 heterocycles. The van der Waals surface area contributed by atoms with Gasteiger partial charge < -0.3 is 10.2 Å². The van der Waals surface area contributed by atoms with Crippen molar-refractivity contribution in [3.63, 3.8) is 0 Å². The molecule has 110 valence electrons. The van der Waals surface area contributed by atoms with Gasteiger partial charge in [-0.05, 0) is 23.3 Å². The highest BCUT2D eigenvalue weighted by Gasteiger charge is 2.16. The number of rotatable bonds is 4. The van der Waals surface area contributed by atoms with E-state index in [0.717, 1.165) is 11.1 Å². The molecule has 0 aliphatic heterocycles. The molecule has 3 rings (SSSR count). The van der Waals surface area contributed by atoms with Crippen LogP contribution < -0.4 is 0 Å². The molecule has 0 aliphatic rings. The summed E-state index contributed by atoms with van der Waals surface area (Å²) in [5.74, 6) is 0. The van der Waals surface area contributed by atoms with Gasteiger partial charge in [-0.2, -0.15) is 0 Å². The third-order valence-corrected chi connectivity index (χ3v) is 3.58. The van der Waals surface area contributed by atoms with Crippen LogP contribution in [0, 0.1) is 0 Å². The SMILES string of the molecule is O[C@@H](c1ccccc1)c1cccc([C@@H](O)c2ccccc2)n1. The maximum absolute atomic E-state index is 10.4. The van der Waals surface area contributed by atoms with Crippen LogP contribution in [0.15, 0.2) is 78.9 Å². The van der Waals surface area contributed by atoms with E-state index in [1.807, 2.05) is 60.7 Å². The van der Waals surface area contributed by atoms with E-state index in [4.69, 9.17) is 0 Å². The lowest BCUT2D eigenvalue weighted by atomic mass is 10.0. The Labute approximate surface area is 129 Å². The van der Waals surface area contributed by atoms with Crippen LogP contribution in [0.3, 0.4) is 0 Å². The van der Waals surface area contributed by atoms with Crippen molar-refractivity contribution < 1.29 is 10.2 Å². The molecule has 0 bridgehead atoms. The molecule has 0 aliphatic carbocycles. The molecule has 0 radical (unpaired) electrons. The van der Waals surface area contributed by atoms with Crippen molar-refractivity contribution >= 4 is 0 Å². The molecule has 3 heteroatoms. The first-order chi connectivity index (χ1) is 10.8. The van der Waals surface area contributed by atoms with Crippen LogP contribution in [-0.2, 0) is 0 Å². The quantitative estimate of drug-likeness (QED) is 0.776. The smallest absolute Gasteiger partial charge is 0.121 e. The number of hydrogen-bond acceptors (Lipinski definition) is 3. The predicted octanol–water partition coefficient (Wildman–Crippen LogP) is 3.25. The molecule has 0 saturated carbocycles. The normalized spacial score (nSPS) is 13.5. The van der Waals surface area contributed by atoms with Crippen LogP contribution in [0.5, 0.6) is 0 Å². The molecule has 0 unspecified atom stereocenters. The third-order valence-electron chi connectivity index (χ3n) is 3.58. The molecule has 3 aromatic rings. The summed E-state index contributed by atoms with van der Waals surface area (Å²) < 4.78 is 0. The Kier molecular flexibility index (Phi) is 4.28. The van der Waals surface area contributed by atoms with Gasteiger partial charge in [0, 0.05) is 0 Å². The molecule has 0 fully saturated rings. The molecule has 0 spiro atoms. The van der Waals surface area contributed by atoms with Gasteiger partial charge >= 0.3 is 0 Å². The molecule has 2 aromatic carbocycles. The molecule has 3 nitrogen and oxygen atoms in total. The van der Waals surface area contributed by atoms with Crippen molar-refractivity contribution in [2.75, 3.05) is 0 Å². The fourth-order valence-electron chi connectivity index (χ4n) is 2.39. The maximum Gasteiger partial charge on any atom is 0.121 e. The average molecular weight is 291 g/mol. The van der Waals surface area contributed by atoms with Crippen molar-refractivity contribution in [3.8, 4) is 0 Å². The van der Waals surface area contributed by atoms with E-state index in [-0.39, 0.29) is 0 Å². The Hall–Kier alpha value is -2.49. The number of benzene rings is 2. The van der Waals surface area contributed by atoms with Gasteiger partial charge in [0.2, 0.25) is 0 Å². The number of aliphatic hydroxyl groups is 2. The second-order valence-corrected chi connectivity index (χ2v) is 5.11. The molecular formula is C19H17NO2. The standard InChI is InChI=1S/C19H17NO2/c21-18(14-8-3-1-4-9-14)16-12-7-13-17(20-16)19(22)15-10-5-2-6-11-15/h1-13,18-19,21-22H/t18-,19-/m0/s1. The van der Waals surface area contributed by atoms with Crippen LogP contribution >= 0.6 is 0 Å². The molecular weight excluding hydrogens is 274 g/mol. The largest absolute Gasteiger partial charge is 0.382 e. The fraction of sp³-hybridized carbons (Fsp3) is 0.105. The van der Waals surface area contributed by atoms with E-state index in [0.29, 0.717) is 11.4 Å². The second-order valence-electron chi connectivity index (χ2n) is 5.11. The summed E-state index contributed by atoms with van der Waals surface area (Å²) in [6.07, 6.45) is -1.60. The van der Waals surface area contributed by atoms with Gasteiger partial charge in [-0.1, -0.05) is 66.7 Å². The van der Waals surface area contributed by atoms with Gasteiger partial charge in [-0.3, -0.25) is 4.98 Å². The molecule has 22 heavy (non-hydrogen) atoms. The first-order valence-electron chi connectivity index (χ1n) is 7.18. The molecule has 0 amide bonds. The second kappa shape index (κ2) is 6.52. The van der Waals surface area contributed by atoms with E-state index >= 15 is 0 Å². The Balaban J connectivity index is 1.90. The summed E-state index contributed by atoms with van der Waals surface area (Å²) >= 11 is 0. The van der Waals surface area contributed by atoms with Crippen LogP contribution in [0.4, 0.5) is 0 Å². The summed E-state index contributed by atoms with van der Waals surface area (Å²) in [7, 11) is 0. The van der Waals surface area contributed by atoms with Crippen molar-refractivity contribution in [3.05, 3.63) is 101 Å². The highest BCUT2D eigenvalue weighted by molar-refractivity contribution is 5.30. The predicted molar refractivity (Wildman–Crippen MR) is 85.2 cm³/mol. The van der Waals surface area contributed by atoms with Crippen LogP contribution in [0.2, 0.25) is 0 Å². The Bertz CT molecular complexity index is 668. The number of nitrogens with zero attached hydrogens (tertiary/aromatic N) is 1. The van der Waals surface area contributed by atoms with Gasteiger partial charge in [0.1, 0.15) is 12.2 Å². The van der Waals surface area contributed by atoms with Crippen LogP contribution in [-0.4, -0.2) is 15.2 Å². The monoisotopic (exact) mass is 291 g/mol. The number of aliphatic hydroxyl groups excluding tert-OH is 2. The zero-order valence-electron chi connectivity index (χ0n) is 12.0. The summed E-state index contributed by atoms with van der Waals surface area (Å²) in [5.41, 5.74) is 2.61. The van der Waals surface area contributed by atoms with E-state index < -0.39 is 12.2 Å². The van der Waals surface area contributed by atoms with E-state index in [1.54, 1.807) is 18.2 Å². The van der Waals surface area contributed by atoms with Crippen LogP contribution in [0.1, 0.15) is 34.7 Å². The molecule has 2 atom stereocenters. The lowest BCUT2D eigenvalue weighted by Crippen LogP contribution is -2.07. The maximum atomic E-state index is 10.4. The minimum absolute atomic E-state index is 0.527.